The number of hydrogen-bond acceptors (Lipinski definition) is 2. The van der Waals surface area contributed by atoms with E-state index in [9.17, 15) is 9.90 Å². The zero-order valence-corrected chi connectivity index (χ0v) is 12.1. The predicted octanol–water partition coefficient (Wildman–Crippen LogP) is 1.31. The van der Waals surface area contributed by atoms with Gasteiger partial charge in [0.05, 0.1) is 0 Å². The molecule has 0 aromatic heterocycles. The van der Waals surface area contributed by atoms with E-state index in [0.29, 0.717) is 0 Å². The fourth-order valence-corrected chi connectivity index (χ4v) is 0.903. The summed E-state index contributed by atoms with van der Waals surface area (Å²) in [6, 6.07) is 0. The van der Waals surface area contributed by atoms with Crippen LogP contribution in [0.15, 0.2) is 0 Å². The fraction of sp³-hybridized carbons (Fsp3) is 0.857. The van der Waals surface area contributed by atoms with Gasteiger partial charge in [-0.3, -0.25) is 0 Å². The Labute approximate surface area is 92.0 Å². The zero-order valence-electron chi connectivity index (χ0n) is 6.94. The zero-order chi connectivity index (χ0) is 9.11. The van der Waals surface area contributed by atoms with Gasteiger partial charge in [-0.25, -0.2) is 0 Å². The van der Waals surface area contributed by atoms with Gasteiger partial charge in [-0.2, -0.15) is 0 Å². The molecule has 0 aromatic carbocycles. The first-order valence-corrected chi connectivity index (χ1v) is 7.36. The molecule has 0 aromatic rings. The Bertz CT molecular complexity index is 88.5. The molecule has 0 radical (unpaired) electrons. The minimum absolute atomic E-state index is 0.211. The summed E-state index contributed by atoms with van der Waals surface area (Å²) < 4.78 is 1.03. The largest absolute Gasteiger partial charge is 0.550 e. The van der Waals surface area contributed by atoms with Crippen molar-refractivity contribution in [1.82, 2.24) is 0 Å². The van der Waals surface area contributed by atoms with Crippen molar-refractivity contribution in [2.45, 2.75) is 31.2 Å². The van der Waals surface area contributed by atoms with Crippen molar-refractivity contribution in [2.24, 2.45) is 0 Å². The van der Waals surface area contributed by atoms with Crippen LogP contribution in [0.3, 0.4) is 0 Å². The van der Waals surface area contributed by atoms with Crippen LogP contribution in [0, 0.1) is 0 Å². The van der Waals surface area contributed by atoms with Crippen LogP contribution in [0.5, 0.6) is 0 Å². The molecule has 4 heteroatoms. The molecule has 62 valence electrons. The van der Waals surface area contributed by atoms with E-state index in [2.05, 4.69) is 29.5 Å². The van der Waals surface area contributed by atoms with Gasteiger partial charge in [0, 0.05) is 5.97 Å². The number of hydrogen-bond donors (Lipinski definition) is 0. The molecule has 11 heavy (non-hydrogen) atoms. The standard InChI is InChI=1S/C5H9IO2.C2H5.Zn/c6-4-2-1-3-5(7)8;1-2;/h1-4H2,(H,7,8);1H2,2H3;/q;;+1/p-1. The summed E-state index contributed by atoms with van der Waals surface area (Å²) in [7, 11) is 0. The molecule has 2 nitrogen and oxygen atoms in total. The van der Waals surface area contributed by atoms with Crippen LogP contribution in [-0.4, -0.2) is 10.4 Å². The summed E-state index contributed by atoms with van der Waals surface area (Å²) in [4.78, 5) is 9.76. The van der Waals surface area contributed by atoms with Gasteiger partial charge < -0.3 is 9.90 Å². The maximum absolute atomic E-state index is 9.76. The van der Waals surface area contributed by atoms with E-state index in [1.807, 2.05) is 0 Å². The van der Waals surface area contributed by atoms with E-state index in [1.54, 1.807) is 0 Å². The molecular weight excluding hydrogens is 308 g/mol. The normalized spacial score (nSPS) is 8.36. The minimum Gasteiger partial charge on any atom is -0.550 e. The van der Waals surface area contributed by atoms with Crippen molar-refractivity contribution in [3.8, 4) is 0 Å². The molecule has 0 aliphatic carbocycles. The third-order valence-corrected chi connectivity index (χ3v) is 1.53. The topological polar surface area (TPSA) is 40.1 Å². The Hall–Kier alpha value is 0.823. The van der Waals surface area contributed by atoms with Gasteiger partial charge >= 0.3 is 30.2 Å². The predicted molar refractivity (Wildman–Crippen MR) is 48.2 cm³/mol. The number of halogens is 1. The quantitative estimate of drug-likeness (QED) is 0.339. The van der Waals surface area contributed by atoms with E-state index in [4.69, 9.17) is 0 Å². The van der Waals surface area contributed by atoms with Crippen LogP contribution in [0.25, 0.3) is 0 Å². The Morgan fingerprint density at radius 1 is 1.55 bits per heavy atom. The van der Waals surface area contributed by atoms with Crippen molar-refractivity contribution < 1.29 is 28.2 Å². The molecule has 0 aliphatic heterocycles. The monoisotopic (exact) mass is 320 g/mol. The average molecular weight is 321 g/mol. The number of carbonyl (C=O) groups excluding carboxylic acids is 1. The smallest absolute Gasteiger partial charge is 0.0414 e. The Kier molecular flexibility index (Phi) is 17.5. The van der Waals surface area contributed by atoms with E-state index in [0.717, 1.165) is 17.3 Å². The van der Waals surface area contributed by atoms with Gasteiger partial charge in [0.1, 0.15) is 0 Å². The second kappa shape index (κ2) is 13.4. The number of unbranched alkanes of at least 4 members (excludes halogenated alkanes) is 1. The SMILES string of the molecule is C[CH2][Zn+].O=C([O-])CCCCI. The third-order valence-electron chi connectivity index (χ3n) is 0.765. The molecule has 0 unspecified atom stereocenters. The molecule has 0 amide bonds. The number of rotatable bonds is 4. The molecule has 0 saturated heterocycles. The summed E-state index contributed by atoms with van der Waals surface area (Å²) in [5.74, 6) is -0.935. The van der Waals surface area contributed by atoms with Gasteiger partial charge in [-0.05, 0) is 23.7 Å². The van der Waals surface area contributed by atoms with Crippen LogP contribution in [-0.2, 0) is 23.1 Å². The van der Waals surface area contributed by atoms with Crippen molar-refractivity contribution in [3.05, 3.63) is 0 Å². The van der Waals surface area contributed by atoms with E-state index in [1.165, 1.54) is 23.3 Å². The van der Waals surface area contributed by atoms with Gasteiger partial charge in [0.15, 0.2) is 0 Å². The van der Waals surface area contributed by atoms with Crippen LogP contribution < -0.4 is 5.11 Å². The second-order valence-corrected chi connectivity index (χ2v) is 5.19. The van der Waals surface area contributed by atoms with Crippen LogP contribution in [0.2, 0.25) is 5.02 Å². The molecule has 0 bridgehead atoms. The summed E-state index contributed by atoms with van der Waals surface area (Å²) in [6.07, 6.45) is 1.95. The number of carboxylic acids is 1. The molecular formula is C7H13IO2Zn. The van der Waals surface area contributed by atoms with Gasteiger partial charge in [0.2, 0.25) is 0 Å². The summed E-state index contributed by atoms with van der Waals surface area (Å²) >= 11 is 3.67. The first-order valence-electron chi connectivity index (χ1n) is 3.74. The summed E-state index contributed by atoms with van der Waals surface area (Å²) in [6.45, 7) is 2.18. The number of aliphatic carboxylic acids is 1. The number of carbonyl (C=O) groups is 1. The van der Waals surface area contributed by atoms with Crippen molar-refractivity contribution in [1.29, 1.82) is 0 Å². The average Bonchev–Trinajstić information content (AvgIpc) is 1.89. The molecule has 0 aliphatic rings. The van der Waals surface area contributed by atoms with Crippen molar-refractivity contribution in [2.75, 3.05) is 4.43 Å². The summed E-state index contributed by atoms with van der Waals surface area (Å²) in [5, 5.41) is 11.1. The molecule has 0 rings (SSSR count). The third kappa shape index (κ3) is 24.8. The Morgan fingerprint density at radius 3 is 2.27 bits per heavy atom. The van der Waals surface area contributed by atoms with Crippen LogP contribution >= 0.6 is 22.6 Å². The van der Waals surface area contributed by atoms with Gasteiger partial charge in [-0.15, -0.1) is 0 Å². The minimum atomic E-state index is -0.935. The van der Waals surface area contributed by atoms with E-state index in [-0.39, 0.29) is 6.42 Å². The molecule has 0 heterocycles. The first-order chi connectivity index (χ1) is 5.18. The molecule has 0 fully saturated rings. The number of alkyl halides is 1. The maximum Gasteiger partial charge on any atom is 0.0414 e. The van der Waals surface area contributed by atoms with Gasteiger partial charge in [-0.1, -0.05) is 22.6 Å². The van der Waals surface area contributed by atoms with E-state index < -0.39 is 5.97 Å². The van der Waals surface area contributed by atoms with Crippen LogP contribution in [0.4, 0.5) is 0 Å². The Balaban J connectivity index is 0. The molecule has 0 N–H and O–H groups in total. The fourth-order valence-electron chi connectivity index (χ4n) is 0.364. The molecule has 0 saturated carbocycles. The van der Waals surface area contributed by atoms with Crippen molar-refractivity contribution >= 4 is 28.6 Å². The summed E-state index contributed by atoms with van der Waals surface area (Å²) in [5.41, 5.74) is 0. The van der Waals surface area contributed by atoms with E-state index >= 15 is 0 Å². The second-order valence-electron chi connectivity index (χ2n) is 2.02. The van der Waals surface area contributed by atoms with Crippen LogP contribution in [0.1, 0.15) is 26.2 Å². The van der Waals surface area contributed by atoms with Gasteiger partial charge in [0.25, 0.3) is 0 Å². The first kappa shape index (κ1) is 14.4. The Morgan fingerprint density at radius 2 is 2.00 bits per heavy atom. The maximum atomic E-state index is 9.76. The number of carboxylic acid groups (broad SMARTS) is 1. The van der Waals surface area contributed by atoms with Crippen molar-refractivity contribution in [3.63, 3.8) is 0 Å². The molecule has 0 atom stereocenters. The molecule has 0 spiro atoms.